The van der Waals surface area contributed by atoms with Crippen LogP contribution in [0.4, 0.5) is 5.13 Å². The number of rotatable bonds is 9. The highest BCUT2D eigenvalue weighted by Crippen LogP contribution is 2.22. The second kappa shape index (κ2) is 11.9. The minimum atomic E-state index is -0.354. The molecule has 2 amide bonds. The van der Waals surface area contributed by atoms with E-state index in [1.165, 1.54) is 0 Å². The Hall–Kier alpha value is -4.89. The van der Waals surface area contributed by atoms with E-state index in [1.807, 2.05) is 54.6 Å². The van der Waals surface area contributed by atoms with E-state index in [1.54, 1.807) is 30.5 Å². The van der Waals surface area contributed by atoms with Crippen molar-refractivity contribution in [1.29, 1.82) is 0 Å². The van der Waals surface area contributed by atoms with Crippen LogP contribution in [0.3, 0.4) is 0 Å². The molecule has 0 spiro atoms. The fourth-order valence-electron chi connectivity index (χ4n) is 3.78. The SMILES string of the molecule is O=C(Cc1nnc(NC(=O)c2ccccc2)s1)N/N=C/c1ccccc1OCc1cccc2ccccc12. The molecule has 2 N–H and O–H groups in total. The van der Waals surface area contributed by atoms with Gasteiger partial charge in [-0.1, -0.05) is 84.1 Å². The number of anilines is 1. The normalized spacial score (nSPS) is 10.9. The third kappa shape index (κ3) is 6.26. The number of aromatic nitrogens is 2. The Kier molecular flexibility index (Phi) is 7.76. The summed E-state index contributed by atoms with van der Waals surface area (Å²) in [5, 5.41) is 17.8. The van der Waals surface area contributed by atoms with Crippen LogP contribution in [0, 0.1) is 0 Å². The first-order valence-corrected chi connectivity index (χ1v) is 12.7. The van der Waals surface area contributed by atoms with Crippen molar-refractivity contribution in [2.75, 3.05) is 5.32 Å². The van der Waals surface area contributed by atoms with Crippen LogP contribution in [-0.4, -0.2) is 28.2 Å². The Morgan fingerprint density at radius 2 is 1.63 bits per heavy atom. The van der Waals surface area contributed by atoms with Crippen molar-refractivity contribution in [3.05, 3.63) is 119 Å². The fraction of sp³-hybridized carbons (Fsp3) is 0.0690. The van der Waals surface area contributed by atoms with Crippen molar-refractivity contribution in [3.63, 3.8) is 0 Å². The van der Waals surface area contributed by atoms with E-state index in [2.05, 4.69) is 44.2 Å². The van der Waals surface area contributed by atoms with Crippen molar-refractivity contribution in [1.82, 2.24) is 15.6 Å². The number of amides is 2. The quantitative estimate of drug-likeness (QED) is 0.205. The van der Waals surface area contributed by atoms with Crippen LogP contribution < -0.4 is 15.5 Å². The summed E-state index contributed by atoms with van der Waals surface area (Å²) in [6, 6.07) is 30.6. The van der Waals surface area contributed by atoms with Crippen LogP contribution >= 0.6 is 11.3 Å². The van der Waals surface area contributed by atoms with Crippen molar-refractivity contribution >= 4 is 45.3 Å². The first-order chi connectivity index (χ1) is 18.7. The second-order valence-corrected chi connectivity index (χ2v) is 9.32. The fourth-order valence-corrected chi connectivity index (χ4v) is 4.51. The summed E-state index contributed by atoms with van der Waals surface area (Å²) >= 11 is 1.13. The summed E-state index contributed by atoms with van der Waals surface area (Å²) in [5.74, 6) is 0.0116. The summed E-state index contributed by atoms with van der Waals surface area (Å²) < 4.78 is 6.10. The Bertz CT molecular complexity index is 1600. The predicted molar refractivity (Wildman–Crippen MR) is 148 cm³/mol. The van der Waals surface area contributed by atoms with Crippen LogP contribution in [-0.2, 0) is 17.8 Å². The van der Waals surface area contributed by atoms with Gasteiger partial charge in [0.2, 0.25) is 11.0 Å². The summed E-state index contributed by atoms with van der Waals surface area (Å²) in [6.07, 6.45) is 1.53. The number of nitrogens with zero attached hydrogens (tertiary/aromatic N) is 3. The van der Waals surface area contributed by atoms with Crippen molar-refractivity contribution in [3.8, 4) is 5.75 Å². The summed E-state index contributed by atoms with van der Waals surface area (Å²) in [7, 11) is 0. The highest BCUT2D eigenvalue weighted by molar-refractivity contribution is 7.15. The monoisotopic (exact) mass is 521 g/mol. The second-order valence-electron chi connectivity index (χ2n) is 8.26. The number of hydrazone groups is 1. The molecule has 0 aliphatic rings. The number of para-hydroxylation sites is 1. The molecule has 188 valence electrons. The zero-order valence-electron chi connectivity index (χ0n) is 20.2. The molecule has 0 radical (unpaired) electrons. The molecule has 0 unspecified atom stereocenters. The van der Waals surface area contributed by atoms with Gasteiger partial charge in [-0.2, -0.15) is 5.10 Å². The Morgan fingerprint density at radius 3 is 2.53 bits per heavy atom. The van der Waals surface area contributed by atoms with Crippen LogP contribution in [0.15, 0.2) is 102 Å². The van der Waals surface area contributed by atoms with Crippen LogP contribution in [0.2, 0.25) is 0 Å². The van der Waals surface area contributed by atoms with Gasteiger partial charge in [0, 0.05) is 11.1 Å². The van der Waals surface area contributed by atoms with Crippen molar-refractivity contribution < 1.29 is 14.3 Å². The van der Waals surface area contributed by atoms with E-state index in [0.717, 1.165) is 33.2 Å². The third-order valence-electron chi connectivity index (χ3n) is 5.61. The molecule has 0 saturated carbocycles. The van der Waals surface area contributed by atoms with E-state index in [4.69, 9.17) is 4.74 Å². The molecule has 0 saturated heterocycles. The number of fused-ring (bicyclic) bond motifs is 1. The number of ether oxygens (including phenoxy) is 1. The maximum Gasteiger partial charge on any atom is 0.257 e. The topological polar surface area (TPSA) is 106 Å². The lowest BCUT2D eigenvalue weighted by atomic mass is 10.1. The number of hydrogen-bond donors (Lipinski definition) is 2. The molecule has 0 aliphatic heterocycles. The van der Waals surface area contributed by atoms with Gasteiger partial charge in [-0.05, 0) is 40.6 Å². The number of carbonyl (C=O) groups is 2. The highest BCUT2D eigenvalue weighted by Gasteiger charge is 2.12. The molecule has 4 aromatic carbocycles. The van der Waals surface area contributed by atoms with Crippen LogP contribution in [0.1, 0.15) is 26.5 Å². The number of hydrogen-bond acceptors (Lipinski definition) is 7. The lowest BCUT2D eigenvalue weighted by molar-refractivity contribution is -0.120. The van der Waals surface area contributed by atoms with Crippen molar-refractivity contribution in [2.45, 2.75) is 13.0 Å². The van der Waals surface area contributed by atoms with E-state index < -0.39 is 0 Å². The maximum atomic E-state index is 12.4. The zero-order chi connectivity index (χ0) is 26.2. The average molecular weight is 522 g/mol. The molecule has 5 rings (SSSR count). The van der Waals surface area contributed by atoms with Gasteiger partial charge in [0.05, 0.1) is 12.6 Å². The molecule has 8 nitrogen and oxygen atoms in total. The van der Waals surface area contributed by atoms with Crippen LogP contribution in [0.5, 0.6) is 5.75 Å². The first-order valence-electron chi connectivity index (χ1n) is 11.8. The summed E-state index contributed by atoms with van der Waals surface area (Å²) in [6.45, 7) is 0.402. The molecule has 0 aliphatic carbocycles. The molecular formula is C29H23N5O3S. The molecule has 1 heterocycles. The van der Waals surface area contributed by atoms with E-state index in [9.17, 15) is 9.59 Å². The minimum absolute atomic E-state index is 0.0184. The standard InChI is InChI=1S/C29H23N5O3S/c35-26(17-27-33-34-29(38-27)31-28(36)21-10-2-1-3-11-21)32-30-18-22-12-5-7-16-25(22)37-19-23-14-8-13-20-9-4-6-15-24(20)23/h1-16,18H,17,19H2,(H,32,35)(H,31,34,36)/b30-18+. The first kappa shape index (κ1) is 24.8. The lowest BCUT2D eigenvalue weighted by Crippen LogP contribution is -2.19. The van der Waals surface area contributed by atoms with E-state index in [0.29, 0.717) is 28.1 Å². The Labute approximate surface area is 223 Å². The Balaban J connectivity index is 1.16. The highest BCUT2D eigenvalue weighted by atomic mass is 32.1. The molecule has 0 bridgehead atoms. The maximum absolute atomic E-state index is 12.4. The van der Waals surface area contributed by atoms with Gasteiger partial charge in [-0.25, -0.2) is 5.43 Å². The molecule has 9 heteroatoms. The summed E-state index contributed by atoms with van der Waals surface area (Å²) in [5.41, 5.74) is 4.83. The van der Waals surface area contributed by atoms with E-state index >= 15 is 0 Å². The van der Waals surface area contributed by atoms with E-state index in [-0.39, 0.29) is 18.2 Å². The molecule has 5 aromatic rings. The summed E-state index contributed by atoms with van der Waals surface area (Å²) in [4.78, 5) is 24.6. The Morgan fingerprint density at radius 1 is 0.868 bits per heavy atom. The molecule has 0 fully saturated rings. The number of carbonyl (C=O) groups excluding carboxylic acids is 2. The van der Waals surface area contributed by atoms with Gasteiger partial charge in [-0.15, -0.1) is 10.2 Å². The number of benzene rings is 4. The van der Waals surface area contributed by atoms with Gasteiger partial charge in [0.1, 0.15) is 17.4 Å². The van der Waals surface area contributed by atoms with Gasteiger partial charge in [0.15, 0.2) is 0 Å². The zero-order valence-corrected chi connectivity index (χ0v) is 21.0. The molecule has 38 heavy (non-hydrogen) atoms. The third-order valence-corrected chi connectivity index (χ3v) is 6.45. The average Bonchev–Trinajstić information content (AvgIpc) is 3.39. The van der Waals surface area contributed by atoms with Gasteiger partial charge < -0.3 is 4.74 Å². The van der Waals surface area contributed by atoms with Crippen molar-refractivity contribution in [2.24, 2.45) is 5.10 Å². The smallest absolute Gasteiger partial charge is 0.257 e. The number of nitrogens with one attached hydrogen (secondary N) is 2. The largest absolute Gasteiger partial charge is 0.488 e. The molecule has 0 atom stereocenters. The van der Waals surface area contributed by atoms with Gasteiger partial charge in [0.25, 0.3) is 5.91 Å². The minimum Gasteiger partial charge on any atom is -0.488 e. The lowest BCUT2D eigenvalue weighted by Gasteiger charge is -2.11. The van der Waals surface area contributed by atoms with Crippen LogP contribution in [0.25, 0.3) is 10.8 Å². The predicted octanol–water partition coefficient (Wildman–Crippen LogP) is 5.22. The molecular weight excluding hydrogens is 498 g/mol. The van der Waals surface area contributed by atoms with Gasteiger partial charge >= 0.3 is 0 Å². The molecule has 1 aromatic heterocycles. The van der Waals surface area contributed by atoms with Gasteiger partial charge in [-0.3, -0.25) is 14.9 Å².